The van der Waals surface area contributed by atoms with Crippen LogP contribution in [0, 0.1) is 10.1 Å². The van der Waals surface area contributed by atoms with Crippen LogP contribution >= 0.6 is 0 Å². The molecule has 1 aromatic rings. The molecule has 7 nitrogen and oxygen atoms in total. The van der Waals surface area contributed by atoms with E-state index in [4.69, 9.17) is 0 Å². The lowest BCUT2D eigenvalue weighted by atomic mass is 10.1. The van der Waals surface area contributed by atoms with Gasteiger partial charge in [-0.25, -0.2) is 4.79 Å². The monoisotopic (exact) mass is 213 g/mol. The first-order chi connectivity index (χ1) is 6.99. The second-order valence-electron chi connectivity index (χ2n) is 3.24. The number of ether oxygens (including phenoxy) is 1. The zero-order chi connectivity index (χ0) is 11.6. The number of esters is 1. The van der Waals surface area contributed by atoms with Crippen molar-refractivity contribution in [3.8, 4) is 0 Å². The lowest BCUT2D eigenvalue weighted by Crippen LogP contribution is -2.06. The highest BCUT2D eigenvalue weighted by molar-refractivity contribution is 5.92. The normalized spacial score (nSPS) is 10.4. The molecule has 0 amide bonds. The molecule has 0 aliphatic rings. The van der Waals surface area contributed by atoms with Crippen LogP contribution in [0.1, 0.15) is 35.9 Å². The van der Waals surface area contributed by atoms with Gasteiger partial charge in [0.05, 0.1) is 12.0 Å². The number of H-pyrrole nitrogens is 1. The summed E-state index contributed by atoms with van der Waals surface area (Å²) in [5.74, 6) is -0.929. The van der Waals surface area contributed by atoms with Crippen LogP contribution in [0.15, 0.2) is 0 Å². The van der Waals surface area contributed by atoms with E-state index in [9.17, 15) is 14.9 Å². The summed E-state index contributed by atoms with van der Waals surface area (Å²) in [6.45, 7) is 3.53. The number of aromatic nitrogens is 2. The number of hydrogen-bond acceptors (Lipinski definition) is 5. The Bertz CT molecular complexity index is 397. The molecule has 0 saturated heterocycles. The van der Waals surface area contributed by atoms with Crippen LogP contribution in [-0.4, -0.2) is 28.2 Å². The van der Waals surface area contributed by atoms with Crippen molar-refractivity contribution in [3.63, 3.8) is 0 Å². The van der Waals surface area contributed by atoms with E-state index in [0.29, 0.717) is 5.69 Å². The average Bonchev–Trinajstić information content (AvgIpc) is 2.60. The third kappa shape index (κ3) is 1.95. The lowest BCUT2D eigenvalue weighted by Gasteiger charge is -1.99. The van der Waals surface area contributed by atoms with Crippen LogP contribution in [-0.2, 0) is 4.74 Å². The second kappa shape index (κ2) is 4.07. The van der Waals surface area contributed by atoms with E-state index in [0.717, 1.165) is 7.11 Å². The number of rotatable bonds is 3. The fourth-order valence-corrected chi connectivity index (χ4v) is 1.18. The van der Waals surface area contributed by atoms with Gasteiger partial charge in [0, 0.05) is 5.92 Å². The number of methoxy groups -OCH3 is 1. The first-order valence-electron chi connectivity index (χ1n) is 4.30. The number of carbonyl (C=O) groups excluding carboxylic acids is 1. The Labute approximate surface area is 85.6 Å². The molecule has 7 heteroatoms. The molecule has 0 bridgehead atoms. The van der Waals surface area contributed by atoms with Gasteiger partial charge < -0.3 is 4.74 Å². The van der Waals surface area contributed by atoms with Gasteiger partial charge in [0.2, 0.25) is 5.69 Å². The third-order valence-electron chi connectivity index (χ3n) is 1.91. The van der Waals surface area contributed by atoms with Crippen LogP contribution in [0.5, 0.6) is 0 Å². The Morgan fingerprint density at radius 1 is 1.60 bits per heavy atom. The van der Waals surface area contributed by atoms with Crippen molar-refractivity contribution in [2.75, 3.05) is 7.11 Å². The van der Waals surface area contributed by atoms with E-state index < -0.39 is 10.9 Å². The fraction of sp³-hybridized carbons (Fsp3) is 0.500. The molecular formula is C8H11N3O4. The summed E-state index contributed by atoms with van der Waals surface area (Å²) in [7, 11) is 1.15. The van der Waals surface area contributed by atoms with Gasteiger partial charge in [-0.15, -0.1) is 0 Å². The van der Waals surface area contributed by atoms with E-state index in [1.165, 1.54) is 0 Å². The van der Waals surface area contributed by atoms with Gasteiger partial charge in [0.15, 0.2) is 0 Å². The molecule has 1 aromatic heterocycles. The zero-order valence-corrected chi connectivity index (χ0v) is 8.60. The second-order valence-corrected chi connectivity index (χ2v) is 3.24. The molecule has 0 aliphatic carbocycles. The van der Waals surface area contributed by atoms with Crippen molar-refractivity contribution in [1.82, 2.24) is 10.2 Å². The molecule has 0 radical (unpaired) electrons. The van der Waals surface area contributed by atoms with E-state index in [1.807, 2.05) is 0 Å². The summed E-state index contributed by atoms with van der Waals surface area (Å²) in [5, 5.41) is 16.8. The molecule has 82 valence electrons. The highest BCUT2D eigenvalue weighted by Crippen LogP contribution is 2.27. The largest absolute Gasteiger partial charge is 0.464 e. The zero-order valence-electron chi connectivity index (χ0n) is 8.60. The van der Waals surface area contributed by atoms with E-state index in [2.05, 4.69) is 14.9 Å². The van der Waals surface area contributed by atoms with Crippen molar-refractivity contribution >= 4 is 11.7 Å². The van der Waals surface area contributed by atoms with Gasteiger partial charge in [-0.05, 0) is 0 Å². The quantitative estimate of drug-likeness (QED) is 0.462. The summed E-state index contributed by atoms with van der Waals surface area (Å²) < 4.78 is 4.39. The van der Waals surface area contributed by atoms with Crippen molar-refractivity contribution in [1.29, 1.82) is 0 Å². The minimum atomic E-state index is -0.815. The molecule has 0 saturated carbocycles. The highest BCUT2D eigenvalue weighted by Gasteiger charge is 2.30. The maximum Gasteiger partial charge on any atom is 0.365 e. The van der Waals surface area contributed by atoms with E-state index >= 15 is 0 Å². The molecular weight excluding hydrogens is 202 g/mol. The molecule has 0 fully saturated rings. The Hall–Kier alpha value is -1.92. The Kier molecular flexibility index (Phi) is 3.03. The number of carbonyl (C=O) groups is 1. The highest BCUT2D eigenvalue weighted by atomic mass is 16.6. The first kappa shape index (κ1) is 11.2. The van der Waals surface area contributed by atoms with E-state index in [-0.39, 0.29) is 17.3 Å². The Morgan fingerprint density at radius 3 is 2.60 bits per heavy atom. The maximum atomic E-state index is 11.2. The predicted octanol–water partition coefficient (Wildman–Crippen LogP) is 1.23. The third-order valence-corrected chi connectivity index (χ3v) is 1.91. The number of aromatic amines is 1. The number of nitrogens with zero attached hydrogens (tertiary/aromatic N) is 2. The average molecular weight is 213 g/mol. The van der Waals surface area contributed by atoms with Gasteiger partial charge in [-0.1, -0.05) is 13.8 Å². The van der Waals surface area contributed by atoms with Gasteiger partial charge in [0.1, 0.15) is 5.69 Å². The Balaban J connectivity index is 3.30. The fourth-order valence-electron chi connectivity index (χ4n) is 1.18. The van der Waals surface area contributed by atoms with E-state index in [1.54, 1.807) is 13.8 Å². The smallest absolute Gasteiger partial charge is 0.365 e. The van der Waals surface area contributed by atoms with Crippen molar-refractivity contribution < 1.29 is 14.5 Å². The van der Waals surface area contributed by atoms with Crippen LogP contribution in [0.25, 0.3) is 0 Å². The number of nitrogens with one attached hydrogen (secondary N) is 1. The molecule has 0 unspecified atom stereocenters. The minimum Gasteiger partial charge on any atom is -0.464 e. The summed E-state index contributed by atoms with van der Waals surface area (Å²) in [6, 6.07) is 0. The molecule has 0 spiro atoms. The van der Waals surface area contributed by atoms with Gasteiger partial charge in [-0.2, -0.15) is 5.10 Å². The number of hydrogen-bond donors (Lipinski definition) is 1. The molecule has 0 aliphatic heterocycles. The summed E-state index contributed by atoms with van der Waals surface area (Å²) in [5.41, 5.74) is -0.275. The summed E-state index contributed by atoms with van der Waals surface area (Å²) in [4.78, 5) is 21.3. The molecule has 0 atom stereocenters. The van der Waals surface area contributed by atoms with Crippen LogP contribution in [0.2, 0.25) is 0 Å². The molecule has 15 heavy (non-hydrogen) atoms. The Morgan fingerprint density at radius 2 is 2.20 bits per heavy atom. The molecule has 1 heterocycles. The van der Waals surface area contributed by atoms with Crippen LogP contribution < -0.4 is 0 Å². The number of nitro groups is 1. The topological polar surface area (TPSA) is 98.1 Å². The molecule has 1 rings (SSSR count). The van der Waals surface area contributed by atoms with Gasteiger partial charge in [-0.3, -0.25) is 15.2 Å². The standard InChI is InChI=1S/C8H11N3O4/c1-4(2)5-7(11(13)14)6(10-9-5)8(12)15-3/h4H,1-3H3,(H,9,10). The summed E-state index contributed by atoms with van der Waals surface area (Å²) in [6.07, 6.45) is 0. The lowest BCUT2D eigenvalue weighted by molar-refractivity contribution is -0.386. The van der Waals surface area contributed by atoms with Crippen LogP contribution in [0.3, 0.4) is 0 Å². The molecule has 1 N–H and O–H groups in total. The van der Waals surface area contributed by atoms with Gasteiger partial charge >= 0.3 is 11.7 Å². The van der Waals surface area contributed by atoms with Crippen LogP contribution in [0.4, 0.5) is 5.69 Å². The van der Waals surface area contributed by atoms with Crippen molar-refractivity contribution in [3.05, 3.63) is 21.5 Å². The maximum absolute atomic E-state index is 11.2. The SMILES string of the molecule is COC(=O)c1n[nH]c(C(C)C)c1[N+](=O)[O-]. The summed E-state index contributed by atoms with van der Waals surface area (Å²) >= 11 is 0. The minimum absolute atomic E-state index is 0.115. The first-order valence-corrected chi connectivity index (χ1v) is 4.30. The molecule has 0 aromatic carbocycles. The predicted molar refractivity (Wildman–Crippen MR) is 50.7 cm³/mol. The van der Waals surface area contributed by atoms with Crippen molar-refractivity contribution in [2.45, 2.75) is 19.8 Å². The van der Waals surface area contributed by atoms with Crippen molar-refractivity contribution in [2.24, 2.45) is 0 Å². The van der Waals surface area contributed by atoms with Gasteiger partial charge in [0.25, 0.3) is 0 Å².